The third kappa shape index (κ3) is 7.82. The molecule has 0 amide bonds. The van der Waals surface area contributed by atoms with Crippen molar-refractivity contribution in [2.24, 2.45) is 0 Å². The fraction of sp³-hybridized carbons (Fsp3) is 0.556. The number of rotatable bonds is 4. The number of hydrogen-bond acceptors (Lipinski definition) is 0. The summed E-state index contributed by atoms with van der Waals surface area (Å²) in [6.07, 6.45) is 1.95. The Labute approximate surface area is 80.8 Å². The SMILES string of the molecule is C=CC[N+](C)(C)CC(=C)C.[Br-]. The van der Waals surface area contributed by atoms with E-state index in [-0.39, 0.29) is 17.0 Å². The van der Waals surface area contributed by atoms with E-state index in [2.05, 4.69) is 34.2 Å². The molecule has 0 atom stereocenters. The first-order valence-electron chi connectivity index (χ1n) is 3.55. The summed E-state index contributed by atoms with van der Waals surface area (Å²) in [6.45, 7) is 11.7. The molecule has 2 heteroatoms. The molecular formula is C9H18BrN. The van der Waals surface area contributed by atoms with Crippen LogP contribution in [0.15, 0.2) is 24.8 Å². The molecule has 0 radical (unpaired) electrons. The van der Waals surface area contributed by atoms with Crippen LogP contribution in [0.3, 0.4) is 0 Å². The molecule has 0 fully saturated rings. The van der Waals surface area contributed by atoms with Crippen molar-refractivity contribution < 1.29 is 21.5 Å². The van der Waals surface area contributed by atoms with Crippen LogP contribution in [0.25, 0.3) is 0 Å². The summed E-state index contributed by atoms with van der Waals surface area (Å²) in [5.41, 5.74) is 1.23. The Kier molecular flexibility index (Phi) is 6.82. The highest BCUT2D eigenvalue weighted by molar-refractivity contribution is 4.88. The molecule has 66 valence electrons. The van der Waals surface area contributed by atoms with Gasteiger partial charge < -0.3 is 21.5 Å². The van der Waals surface area contributed by atoms with Crippen molar-refractivity contribution in [2.75, 3.05) is 27.2 Å². The van der Waals surface area contributed by atoms with Gasteiger partial charge in [0, 0.05) is 0 Å². The minimum absolute atomic E-state index is 0. The molecule has 0 aromatic heterocycles. The molecule has 0 aliphatic rings. The maximum Gasteiger partial charge on any atom is 0.0996 e. The highest BCUT2D eigenvalue weighted by atomic mass is 79.9. The van der Waals surface area contributed by atoms with E-state index >= 15 is 0 Å². The Morgan fingerprint density at radius 1 is 1.45 bits per heavy atom. The van der Waals surface area contributed by atoms with Gasteiger partial charge in [-0.3, -0.25) is 0 Å². The molecule has 0 spiro atoms. The third-order valence-corrected chi connectivity index (χ3v) is 1.32. The average Bonchev–Trinajstić information content (AvgIpc) is 1.59. The molecule has 0 aliphatic carbocycles. The van der Waals surface area contributed by atoms with Crippen molar-refractivity contribution in [1.82, 2.24) is 0 Å². The van der Waals surface area contributed by atoms with E-state index in [9.17, 15) is 0 Å². The zero-order chi connectivity index (χ0) is 8.20. The van der Waals surface area contributed by atoms with E-state index in [1.807, 2.05) is 6.08 Å². The van der Waals surface area contributed by atoms with E-state index < -0.39 is 0 Å². The van der Waals surface area contributed by atoms with Crippen LogP contribution in [0.2, 0.25) is 0 Å². The van der Waals surface area contributed by atoms with Crippen LogP contribution in [0.5, 0.6) is 0 Å². The minimum Gasteiger partial charge on any atom is -1.00 e. The van der Waals surface area contributed by atoms with Gasteiger partial charge in [-0.25, -0.2) is 0 Å². The van der Waals surface area contributed by atoms with Crippen LogP contribution in [0.4, 0.5) is 0 Å². The Hall–Kier alpha value is -0.0800. The summed E-state index contributed by atoms with van der Waals surface area (Å²) in [5.74, 6) is 0. The summed E-state index contributed by atoms with van der Waals surface area (Å²) < 4.78 is 0.957. The minimum atomic E-state index is 0. The Balaban J connectivity index is 0. The lowest BCUT2D eigenvalue weighted by atomic mass is 10.3. The first-order valence-corrected chi connectivity index (χ1v) is 3.55. The van der Waals surface area contributed by atoms with Gasteiger partial charge in [-0.2, -0.15) is 0 Å². The quantitative estimate of drug-likeness (QED) is 0.413. The van der Waals surface area contributed by atoms with Gasteiger partial charge in [0.1, 0.15) is 0 Å². The highest BCUT2D eigenvalue weighted by Gasteiger charge is 2.11. The molecule has 0 unspecified atom stereocenters. The summed E-state index contributed by atoms with van der Waals surface area (Å²) in [6, 6.07) is 0. The third-order valence-electron chi connectivity index (χ3n) is 1.32. The van der Waals surface area contributed by atoms with Gasteiger partial charge in [0.15, 0.2) is 0 Å². The van der Waals surface area contributed by atoms with Gasteiger partial charge >= 0.3 is 0 Å². The van der Waals surface area contributed by atoms with Crippen molar-refractivity contribution in [3.05, 3.63) is 24.8 Å². The predicted molar refractivity (Wildman–Crippen MR) is 46.9 cm³/mol. The Morgan fingerprint density at radius 2 is 1.91 bits per heavy atom. The second-order valence-corrected chi connectivity index (χ2v) is 3.52. The van der Waals surface area contributed by atoms with Gasteiger partial charge in [0.25, 0.3) is 0 Å². The zero-order valence-corrected chi connectivity index (χ0v) is 9.32. The maximum absolute atomic E-state index is 3.87. The fourth-order valence-corrected chi connectivity index (χ4v) is 1.14. The standard InChI is InChI=1S/C9H18N.BrH/c1-6-7-10(4,5)8-9(2)3;/h6H,1-2,7-8H2,3-5H3;1H/q+1;/p-1. The van der Waals surface area contributed by atoms with Gasteiger partial charge in [-0.15, -0.1) is 0 Å². The van der Waals surface area contributed by atoms with Crippen molar-refractivity contribution in [3.63, 3.8) is 0 Å². The molecule has 0 aromatic carbocycles. The topological polar surface area (TPSA) is 0 Å². The summed E-state index contributed by atoms with van der Waals surface area (Å²) in [5, 5.41) is 0. The van der Waals surface area contributed by atoms with E-state index in [4.69, 9.17) is 0 Å². The van der Waals surface area contributed by atoms with E-state index in [0.29, 0.717) is 0 Å². The molecular weight excluding hydrogens is 202 g/mol. The number of likely N-dealkylation sites (N-methyl/N-ethyl adjacent to an activating group) is 1. The highest BCUT2D eigenvalue weighted by Crippen LogP contribution is 2.01. The number of nitrogens with zero attached hydrogens (tertiary/aromatic N) is 1. The normalized spacial score (nSPS) is 10.1. The lowest BCUT2D eigenvalue weighted by Crippen LogP contribution is -3.00. The second-order valence-electron chi connectivity index (χ2n) is 3.52. The molecule has 0 aliphatic heterocycles. The molecule has 0 heterocycles. The monoisotopic (exact) mass is 219 g/mol. The van der Waals surface area contributed by atoms with Crippen LogP contribution < -0.4 is 17.0 Å². The van der Waals surface area contributed by atoms with Crippen molar-refractivity contribution in [1.29, 1.82) is 0 Å². The summed E-state index contributed by atoms with van der Waals surface area (Å²) in [7, 11) is 4.35. The summed E-state index contributed by atoms with van der Waals surface area (Å²) in [4.78, 5) is 0. The van der Waals surface area contributed by atoms with Crippen LogP contribution >= 0.6 is 0 Å². The second kappa shape index (κ2) is 5.56. The molecule has 0 bridgehead atoms. The molecule has 1 nitrogen and oxygen atoms in total. The van der Waals surface area contributed by atoms with Crippen LogP contribution in [-0.4, -0.2) is 31.7 Å². The van der Waals surface area contributed by atoms with Crippen LogP contribution in [0, 0.1) is 0 Å². The van der Waals surface area contributed by atoms with E-state index in [1.165, 1.54) is 5.57 Å². The predicted octanol–water partition coefficient (Wildman–Crippen LogP) is -1.17. The molecule has 11 heavy (non-hydrogen) atoms. The molecule has 0 aromatic rings. The molecule has 0 saturated carbocycles. The fourth-order valence-electron chi connectivity index (χ4n) is 1.14. The molecule has 0 saturated heterocycles. The first kappa shape index (κ1) is 13.5. The maximum atomic E-state index is 3.87. The van der Waals surface area contributed by atoms with E-state index in [1.54, 1.807) is 0 Å². The van der Waals surface area contributed by atoms with E-state index in [0.717, 1.165) is 17.6 Å². The van der Waals surface area contributed by atoms with Crippen molar-refractivity contribution in [2.45, 2.75) is 6.92 Å². The van der Waals surface area contributed by atoms with Crippen LogP contribution in [0.1, 0.15) is 6.92 Å². The van der Waals surface area contributed by atoms with Gasteiger partial charge in [-0.1, -0.05) is 13.2 Å². The average molecular weight is 220 g/mol. The van der Waals surface area contributed by atoms with Crippen LogP contribution in [-0.2, 0) is 0 Å². The van der Waals surface area contributed by atoms with Crippen molar-refractivity contribution >= 4 is 0 Å². The first-order chi connectivity index (χ1) is 4.48. The molecule has 0 N–H and O–H groups in total. The largest absolute Gasteiger partial charge is 1.00 e. The lowest BCUT2D eigenvalue weighted by molar-refractivity contribution is -0.879. The smallest absolute Gasteiger partial charge is 0.0996 e. The molecule has 0 rings (SSSR count). The lowest BCUT2D eigenvalue weighted by Gasteiger charge is -2.28. The number of quaternary nitrogens is 1. The Morgan fingerprint density at radius 3 is 2.18 bits per heavy atom. The van der Waals surface area contributed by atoms with Gasteiger partial charge in [-0.05, 0) is 18.6 Å². The summed E-state index contributed by atoms with van der Waals surface area (Å²) >= 11 is 0. The zero-order valence-electron chi connectivity index (χ0n) is 7.73. The number of hydrogen-bond donors (Lipinski definition) is 0. The Bertz CT molecular complexity index is 138. The van der Waals surface area contributed by atoms with Gasteiger partial charge in [0.2, 0.25) is 0 Å². The number of halogens is 1. The van der Waals surface area contributed by atoms with Gasteiger partial charge in [0.05, 0.1) is 27.2 Å². The van der Waals surface area contributed by atoms with Crippen molar-refractivity contribution in [3.8, 4) is 0 Å².